The van der Waals surface area contributed by atoms with Crippen molar-refractivity contribution < 1.29 is 19.1 Å². The average Bonchev–Trinajstić information content (AvgIpc) is 2.99. The van der Waals surface area contributed by atoms with Gasteiger partial charge in [-0.05, 0) is 76.9 Å². The van der Waals surface area contributed by atoms with Crippen molar-refractivity contribution in [2.24, 2.45) is 0 Å². The number of unbranched alkanes of at least 4 members (excludes halogenated alkanes) is 2. The lowest BCUT2D eigenvalue weighted by atomic mass is 10.2. The first-order valence-corrected chi connectivity index (χ1v) is 7.98. The predicted molar refractivity (Wildman–Crippen MR) is 87.2 cm³/mol. The topological polar surface area (TPSA) is 64.6 Å². The highest BCUT2D eigenvalue weighted by molar-refractivity contribution is 5.92. The fourth-order valence-corrected chi connectivity index (χ4v) is 2.25. The molecule has 0 aromatic heterocycles. The molecule has 0 bridgehead atoms. The van der Waals surface area contributed by atoms with Gasteiger partial charge in [-0.3, -0.25) is 0 Å². The van der Waals surface area contributed by atoms with Gasteiger partial charge >= 0.3 is 11.9 Å². The van der Waals surface area contributed by atoms with Crippen LogP contribution in [0.3, 0.4) is 0 Å². The summed E-state index contributed by atoms with van der Waals surface area (Å²) < 4.78 is 10.1. The van der Waals surface area contributed by atoms with Gasteiger partial charge in [0.05, 0.1) is 0 Å². The molecule has 0 fully saturated rings. The molecule has 0 amide bonds. The van der Waals surface area contributed by atoms with Gasteiger partial charge in [0, 0.05) is 11.1 Å². The van der Waals surface area contributed by atoms with Crippen molar-refractivity contribution in [3.8, 4) is 0 Å². The van der Waals surface area contributed by atoms with Gasteiger partial charge in [0.2, 0.25) is 0 Å². The molecule has 5 heteroatoms. The molecule has 0 saturated heterocycles. The fraction of sp³-hybridized carbons (Fsp3) is 0.444. The second-order valence-electron chi connectivity index (χ2n) is 5.68. The maximum Gasteiger partial charge on any atom is 0.339 e. The Labute approximate surface area is 136 Å². The Bertz CT molecular complexity index is 544. The summed E-state index contributed by atoms with van der Waals surface area (Å²) in [7, 11) is 0. The molecule has 0 radical (unpaired) electrons. The molecule has 0 spiro atoms. The van der Waals surface area contributed by atoms with Crippen molar-refractivity contribution in [2.75, 3.05) is 13.1 Å². The monoisotopic (exact) mass is 317 g/mol. The van der Waals surface area contributed by atoms with Gasteiger partial charge in [-0.15, -0.1) is 0 Å². The van der Waals surface area contributed by atoms with Crippen LogP contribution in [0.5, 0.6) is 0 Å². The van der Waals surface area contributed by atoms with E-state index in [2.05, 4.69) is 5.32 Å². The number of hydrogen-bond acceptors (Lipinski definition) is 5. The van der Waals surface area contributed by atoms with Gasteiger partial charge in [-0.25, -0.2) is 9.59 Å². The molecule has 2 rings (SSSR count). The van der Waals surface area contributed by atoms with Crippen LogP contribution in [-0.4, -0.2) is 25.0 Å². The van der Waals surface area contributed by atoms with E-state index in [9.17, 15) is 9.59 Å². The average molecular weight is 317 g/mol. The Balaban J connectivity index is 1.49. The first-order chi connectivity index (χ1) is 11.1. The van der Waals surface area contributed by atoms with Crippen molar-refractivity contribution in [3.63, 3.8) is 0 Å². The lowest BCUT2D eigenvalue weighted by Crippen LogP contribution is -2.16. The van der Waals surface area contributed by atoms with E-state index in [4.69, 9.17) is 9.47 Å². The largest absolute Gasteiger partial charge is 0.424 e. The molecule has 23 heavy (non-hydrogen) atoms. The molecule has 124 valence electrons. The van der Waals surface area contributed by atoms with E-state index < -0.39 is 0 Å². The Morgan fingerprint density at radius 3 is 1.65 bits per heavy atom. The summed E-state index contributed by atoms with van der Waals surface area (Å²) in [6.07, 6.45) is 11.2. The number of cyclic esters (lactones) is 2. The molecule has 0 aromatic rings. The van der Waals surface area contributed by atoms with E-state index in [0.29, 0.717) is 22.7 Å². The third-order valence-corrected chi connectivity index (χ3v) is 3.59. The van der Waals surface area contributed by atoms with Gasteiger partial charge in [0.1, 0.15) is 11.5 Å². The van der Waals surface area contributed by atoms with Crippen LogP contribution >= 0.6 is 0 Å². The van der Waals surface area contributed by atoms with Gasteiger partial charge in [0.15, 0.2) is 0 Å². The molecular formula is C18H23NO4. The highest BCUT2D eigenvalue weighted by atomic mass is 16.5. The number of nitrogens with one attached hydrogen (secondary N) is 1. The van der Waals surface area contributed by atoms with Crippen molar-refractivity contribution in [3.05, 3.63) is 47.0 Å². The fourth-order valence-electron chi connectivity index (χ4n) is 2.25. The summed E-state index contributed by atoms with van der Waals surface area (Å²) in [6, 6.07) is 0. The van der Waals surface area contributed by atoms with Crippen molar-refractivity contribution in [2.45, 2.75) is 39.5 Å². The van der Waals surface area contributed by atoms with E-state index in [1.54, 1.807) is 26.0 Å². The molecule has 2 aliphatic heterocycles. The summed E-state index contributed by atoms with van der Waals surface area (Å²) in [5, 5.41) is 3.37. The number of ether oxygens (including phenoxy) is 2. The second kappa shape index (κ2) is 8.48. The van der Waals surface area contributed by atoms with Crippen LogP contribution in [0.4, 0.5) is 0 Å². The van der Waals surface area contributed by atoms with Crippen molar-refractivity contribution in [1.29, 1.82) is 0 Å². The van der Waals surface area contributed by atoms with E-state index in [-0.39, 0.29) is 11.9 Å². The zero-order valence-electron chi connectivity index (χ0n) is 13.7. The zero-order chi connectivity index (χ0) is 16.7. The van der Waals surface area contributed by atoms with Crippen LogP contribution in [0.1, 0.15) is 39.5 Å². The minimum absolute atomic E-state index is 0.249. The predicted octanol–water partition coefficient (Wildman–Crippen LogP) is 2.91. The highest BCUT2D eigenvalue weighted by Gasteiger charge is 2.16. The Kier molecular flexibility index (Phi) is 6.35. The van der Waals surface area contributed by atoms with E-state index in [1.807, 2.05) is 12.2 Å². The molecule has 0 saturated carbocycles. The lowest BCUT2D eigenvalue weighted by molar-refractivity contribution is -0.134. The van der Waals surface area contributed by atoms with Crippen LogP contribution < -0.4 is 5.32 Å². The minimum Gasteiger partial charge on any atom is -0.424 e. The number of hydrogen-bond donors (Lipinski definition) is 1. The van der Waals surface area contributed by atoms with Gasteiger partial charge in [0.25, 0.3) is 0 Å². The molecule has 0 aromatic carbocycles. The van der Waals surface area contributed by atoms with Gasteiger partial charge in [-0.1, -0.05) is 0 Å². The SMILES string of the molecule is CC1=C/C(=C/CCCNCCC/C=C2/C=C(C)C(=O)O2)OC1=O. The summed E-state index contributed by atoms with van der Waals surface area (Å²) in [6.45, 7) is 5.35. The number of esters is 2. The maximum absolute atomic E-state index is 11.2. The normalized spacial score (nSPS) is 20.8. The van der Waals surface area contributed by atoms with Crippen LogP contribution in [-0.2, 0) is 19.1 Å². The van der Waals surface area contributed by atoms with Crippen LogP contribution in [0, 0.1) is 0 Å². The molecule has 5 nitrogen and oxygen atoms in total. The zero-order valence-corrected chi connectivity index (χ0v) is 13.7. The number of carbonyl (C=O) groups is 2. The quantitative estimate of drug-likeness (QED) is 0.551. The van der Waals surface area contributed by atoms with Crippen LogP contribution in [0.15, 0.2) is 47.0 Å². The summed E-state index contributed by atoms with van der Waals surface area (Å²) in [5.74, 6) is 0.824. The minimum atomic E-state index is -0.249. The summed E-state index contributed by atoms with van der Waals surface area (Å²) >= 11 is 0. The lowest BCUT2D eigenvalue weighted by Gasteiger charge is -2.02. The molecular weight excluding hydrogens is 294 g/mol. The van der Waals surface area contributed by atoms with Crippen LogP contribution in [0.25, 0.3) is 0 Å². The molecule has 0 atom stereocenters. The molecule has 2 heterocycles. The number of allylic oxidation sites excluding steroid dienone is 4. The van der Waals surface area contributed by atoms with E-state index in [1.165, 1.54) is 0 Å². The Morgan fingerprint density at radius 1 is 0.870 bits per heavy atom. The van der Waals surface area contributed by atoms with Crippen LogP contribution in [0.2, 0.25) is 0 Å². The van der Waals surface area contributed by atoms with Crippen molar-refractivity contribution >= 4 is 11.9 Å². The highest BCUT2D eigenvalue weighted by Crippen LogP contribution is 2.17. The smallest absolute Gasteiger partial charge is 0.339 e. The van der Waals surface area contributed by atoms with Crippen molar-refractivity contribution in [1.82, 2.24) is 5.32 Å². The molecule has 0 aliphatic carbocycles. The first-order valence-electron chi connectivity index (χ1n) is 7.98. The summed E-state index contributed by atoms with van der Waals surface area (Å²) in [5.41, 5.74) is 1.31. The molecule has 0 unspecified atom stereocenters. The number of rotatable bonds is 8. The first kappa shape index (κ1) is 17.2. The third kappa shape index (κ3) is 5.53. The van der Waals surface area contributed by atoms with Gasteiger partial charge < -0.3 is 14.8 Å². The maximum atomic E-state index is 11.2. The van der Waals surface area contributed by atoms with Gasteiger partial charge in [-0.2, -0.15) is 0 Å². The van der Waals surface area contributed by atoms with E-state index >= 15 is 0 Å². The summed E-state index contributed by atoms with van der Waals surface area (Å²) in [4.78, 5) is 22.3. The van der Waals surface area contributed by atoms with E-state index in [0.717, 1.165) is 38.8 Å². The molecule has 1 N–H and O–H groups in total. The number of carbonyl (C=O) groups excluding carboxylic acids is 2. The standard InChI is InChI=1S/C18H23NO4/c1-13-11-15(22-17(13)20)7-3-5-9-19-10-6-4-8-16-12-14(2)18(21)23-16/h7-8,11-12,19H,3-6,9-10H2,1-2H3/b15-7-,16-8-. The second-order valence-corrected chi connectivity index (χ2v) is 5.68. The third-order valence-electron chi connectivity index (χ3n) is 3.59. The Morgan fingerprint density at radius 2 is 1.30 bits per heavy atom. The Hall–Kier alpha value is -2.14. The molecule has 2 aliphatic rings.